The largest absolute Gasteiger partial charge is 0.286 e. The summed E-state index contributed by atoms with van der Waals surface area (Å²) >= 11 is 0. The zero-order valence-corrected chi connectivity index (χ0v) is 16.7. The summed E-state index contributed by atoms with van der Waals surface area (Å²) in [6.45, 7) is 2.28. The Balaban J connectivity index is 1.40. The van der Waals surface area contributed by atoms with Crippen LogP contribution in [0, 0.1) is 0 Å². The average Bonchev–Trinajstić information content (AvgIpc) is 3.08. The maximum Gasteiger partial charge on any atom is 0.160 e. The molecule has 0 aromatic carbocycles. The van der Waals surface area contributed by atoms with E-state index in [1.165, 1.54) is 83.5 Å². The second-order valence-corrected chi connectivity index (χ2v) is 7.38. The monoisotopic (exact) mass is 355 g/mol. The number of allylic oxidation sites excluding steroid dienone is 2. The number of pyridine rings is 1. The third-order valence-corrected chi connectivity index (χ3v) is 5.05. The third kappa shape index (κ3) is 8.16. The molecule has 3 heteroatoms. The number of rotatable bonds is 15. The van der Waals surface area contributed by atoms with E-state index >= 15 is 0 Å². The number of aromatic nitrogens is 3. The third-order valence-electron chi connectivity index (χ3n) is 5.05. The van der Waals surface area contributed by atoms with Gasteiger partial charge in [0.05, 0.1) is 0 Å². The molecule has 2 heterocycles. The van der Waals surface area contributed by atoms with Crippen LogP contribution in [0.2, 0.25) is 0 Å². The van der Waals surface area contributed by atoms with Crippen molar-refractivity contribution in [3.05, 3.63) is 42.4 Å². The molecule has 2 aromatic heterocycles. The van der Waals surface area contributed by atoms with Gasteiger partial charge in [0.1, 0.15) is 5.82 Å². The lowest BCUT2D eigenvalue weighted by Gasteiger charge is -2.01. The minimum atomic E-state index is 0.954. The summed E-state index contributed by atoms with van der Waals surface area (Å²) in [6, 6.07) is 6.06. The van der Waals surface area contributed by atoms with Gasteiger partial charge in [-0.1, -0.05) is 76.5 Å². The van der Waals surface area contributed by atoms with Gasteiger partial charge in [0.25, 0.3) is 0 Å². The van der Waals surface area contributed by atoms with Crippen molar-refractivity contribution >= 4 is 5.65 Å². The zero-order valence-electron chi connectivity index (χ0n) is 16.7. The lowest BCUT2D eigenvalue weighted by Crippen LogP contribution is -1.94. The SMILES string of the molecule is CCCCCCCC/C=C/CCCCCCCc1nnc2ccccn12. The fourth-order valence-corrected chi connectivity index (χ4v) is 3.42. The first-order valence-electron chi connectivity index (χ1n) is 10.9. The Bertz CT molecular complexity index is 615. The maximum absolute atomic E-state index is 4.30. The van der Waals surface area contributed by atoms with Gasteiger partial charge >= 0.3 is 0 Å². The van der Waals surface area contributed by atoms with Crippen molar-refractivity contribution < 1.29 is 0 Å². The lowest BCUT2D eigenvalue weighted by atomic mass is 10.1. The number of unbranched alkanes of at least 4 members (excludes halogenated alkanes) is 11. The minimum absolute atomic E-state index is 0.954. The normalized spacial score (nSPS) is 11.7. The number of aryl methyl sites for hydroxylation is 1. The van der Waals surface area contributed by atoms with Crippen molar-refractivity contribution in [2.75, 3.05) is 0 Å². The van der Waals surface area contributed by atoms with E-state index in [0.29, 0.717) is 0 Å². The highest BCUT2D eigenvalue weighted by molar-refractivity contribution is 5.36. The Hall–Kier alpha value is -1.64. The van der Waals surface area contributed by atoms with Crippen LogP contribution >= 0.6 is 0 Å². The summed E-state index contributed by atoms with van der Waals surface area (Å²) in [5.41, 5.74) is 0.954. The molecule has 26 heavy (non-hydrogen) atoms. The molecule has 0 N–H and O–H groups in total. The molecule has 0 unspecified atom stereocenters. The topological polar surface area (TPSA) is 30.2 Å². The van der Waals surface area contributed by atoms with Crippen LogP contribution in [0.3, 0.4) is 0 Å². The number of nitrogens with zero attached hydrogens (tertiary/aromatic N) is 3. The molecule has 0 atom stereocenters. The average molecular weight is 356 g/mol. The second-order valence-electron chi connectivity index (χ2n) is 7.38. The van der Waals surface area contributed by atoms with Gasteiger partial charge in [-0.05, 0) is 44.2 Å². The molecule has 0 bridgehead atoms. The van der Waals surface area contributed by atoms with Crippen molar-refractivity contribution in [2.24, 2.45) is 0 Å². The van der Waals surface area contributed by atoms with Crippen LogP contribution in [0.4, 0.5) is 0 Å². The van der Waals surface area contributed by atoms with E-state index in [-0.39, 0.29) is 0 Å². The van der Waals surface area contributed by atoms with E-state index in [2.05, 4.69) is 39.9 Å². The number of hydrogen-bond acceptors (Lipinski definition) is 2. The van der Waals surface area contributed by atoms with Crippen LogP contribution in [0.1, 0.15) is 96.2 Å². The standard InChI is InChI=1S/C23H37N3/c1-2-3-4-5-6-7-8-9-10-11-12-13-14-15-16-19-22-24-25-23-20-17-18-21-26(22)23/h9-10,17-18,20-21H,2-8,11-16,19H2,1H3/b10-9+. The molecule has 0 aliphatic heterocycles. The molecule has 0 saturated carbocycles. The van der Waals surface area contributed by atoms with Crippen LogP contribution in [-0.2, 0) is 6.42 Å². The first kappa shape index (κ1) is 20.7. The Morgan fingerprint density at radius 3 is 2.15 bits per heavy atom. The molecule has 0 fully saturated rings. The summed E-state index contributed by atoms with van der Waals surface area (Å²) < 4.78 is 2.11. The summed E-state index contributed by atoms with van der Waals surface area (Å²) in [5.74, 6) is 1.10. The Kier molecular flexibility index (Phi) is 10.8. The predicted molar refractivity (Wildman–Crippen MR) is 112 cm³/mol. The number of hydrogen-bond donors (Lipinski definition) is 0. The van der Waals surface area contributed by atoms with Crippen LogP contribution in [0.15, 0.2) is 36.5 Å². The fraction of sp³-hybridized carbons (Fsp3) is 0.652. The maximum atomic E-state index is 4.30. The summed E-state index contributed by atoms with van der Waals surface area (Å²) in [4.78, 5) is 0. The smallest absolute Gasteiger partial charge is 0.160 e. The molecule has 2 aromatic rings. The van der Waals surface area contributed by atoms with Gasteiger partial charge in [-0.2, -0.15) is 0 Å². The zero-order chi connectivity index (χ0) is 18.3. The van der Waals surface area contributed by atoms with E-state index in [4.69, 9.17) is 0 Å². The molecule has 0 radical (unpaired) electrons. The van der Waals surface area contributed by atoms with Crippen molar-refractivity contribution in [1.82, 2.24) is 14.6 Å². The van der Waals surface area contributed by atoms with Gasteiger partial charge in [0.15, 0.2) is 5.65 Å². The Morgan fingerprint density at radius 1 is 0.769 bits per heavy atom. The van der Waals surface area contributed by atoms with Crippen LogP contribution in [0.5, 0.6) is 0 Å². The van der Waals surface area contributed by atoms with Gasteiger partial charge in [0, 0.05) is 12.6 Å². The molecule has 0 spiro atoms. The first-order chi connectivity index (χ1) is 12.9. The van der Waals surface area contributed by atoms with Gasteiger partial charge < -0.3 is 0 Å². The summed E-state index contributed by atoms with van der Waals surface area (Å²) in [7, 11) is 0. The Labute approximate surface area is 159 Å². The van der Waals surface area contributed by atoms with E-state index in [0.717, 1.165) is 17.9 Å². The predicted octanol–water partition coefficient (Wildman–Crippen LogP) is 6.92. The summed E-state index contributed by atoms with van der Waals surface area (Å²) in [6.07, 6.45) is 25.3. The molecular weight excluding hydrogens is 318 g/mol. The van der Waals surface area contributed by atoms with Crippen LogP contribution in [0.25, 0.3) is 5.65 Å². The molecule has 144 valence electrons. The van der Waals surface area contributed by atoms with Gasteiger partial charge in [0.2, 0.25) is 0 Å². The molecule has 0 aliphatic rings. The van der Waals surface area contributed by atoms with E-state index in [9.17, 15) is 0 Å². The van der Waals surface area contributed by atoms with E-state index in [1.54, 1.807) is 0 Å². The van der Waals surface area contributed by atoms with Crippen LogP contribution in [-0.4, -0.2) is 14.6 Å². The van der Waals surface area contributed by atoms with Crippen molar-refractivity contribution in [1.29, 1.82) is 0 Å². The number of fused-ring (bicyclic) bond motifs is 1. The van der Waals surface area contributed by atoms with Crippen molar-refractivity contribution in [3.63, 3.8) is 0 Å². The highest BCUT2D eigenvalue weighted by Crippen LogP contribution is 2.11. The van der Waals surface area contributed by atoms with E-state index in [1.807, 2.05) is 18.2 Å². The fourth-order valence-electron chi connectivity index (χ4n) is 3.42. The van der Waals surface area contributed by atoms with Gasteiger partial charge in [-0.3, -0.25) is 4.40 Å². The highest BCUT2D eigenvalue weighted by Gasteiger charge is 2.03. The molecule has 3 nitrogen and oxygen atoms in total. The van der Waals surface area contributed by atoms with Crippen molar-refractivity contribution in [3.8, 4) is 0 Å². The molecular formula is C23H37N3. The quantitative estimate of drug-likeness (QED) is 0.256. The molecule has 0 aliphatic carbocycles. The first-order valence-corrected chi connectivity index (χ1v) is 10.9. The van der Waals surface area contributed by atoms with Crippen LogP contribution < -0.4 is 0 Å². The minimum Gasteiger partial charge on any atom is -0.286 e. The van der Waals surface area contributed by atoms with E-state index < -0.39 is 0 Å². The van der Waals surface area contributed by atoms with Crippen molar-refractivity contribution in [2.45, 2.75) is 96.8 Å². The molecule has 0 amide bonds. The second kappa shape index (κ2) is 13.5. The molecule has 2 rings (SSSR count). The lowest BCUT2D eigenvalue weighted by molar-refractivity contribution is 0.605. The van der Waals surface area contributed by atoms with Gasteiger partial charge in [-0.25, -0.2) is 0 Å². The molecule has 0 saturated heterocycles. The Morgan fingerprint density at radius 2 is 1.42 bits per heavy atom. The van der Waals surface area contributed by atoms with Gasteiger partial charge in [-0.15, -0.1) is 10.2 Å². The summed E-state index contributed by atoms with van der Waals surface area (Å²) in [5, 5.41) is 8.51. The highest BCUT2D eigenvalue weighted by atomic mass is 15.2.